The fourth-order valence-electron chi connectivity index (χ4n) is 0.804. The van der Waals surface area contributed by atoms with E-state index < -0.39 is 0 Å². The summed E-state index contributed by atoms with van der Waals surface area (Å²) < 4.78 is 0. The van der Waals surface area contributed by atoms with Gasteiger partial charge in [-0.05, 0) is 18.6 Å². The third-order valence-corrected chi connectivity index (χ3v) is 1.51. The number of rotatable bonds is 2. The second kappa shape index (κ2) is 7.35. The maximum atomic E-state index is 5.73. The molecule has 0 spiro atoms. The molecule has 12 heavy (non-hydrogen) atoms. The van der Waals surface area contributed by atoms with Crippen LogP contribution < -0.4 is 5.73 Å². The zero-order valence-electron chi connectivity index (χ0n) is 6.93. The van der Waals surface area contributed by atoms with Gasteiger partial charge in [-0.2, -0.15) is 0 Å². The molecule has 2 N–H and O–H groups in total. The first kappa shape index (κ1) is 14.2. The second-order valence-electron chi connectivity index (χ2n) is 2.27. The van der Waals surface area contributed by atoms with Crippen LogP contribution in [0.25, 0.3) is 0 Å². The monoisotopic (exact) mass is 208 g/mol. The molecule has 0 saturated heterocycles. The molecule has 70 valence electrons. The average molecular weight is 209 g/mol. The van der Waals surface area contributed by atoms with Gasteiger partial charge in [0, 0.05) is 12.2 Å². The Hall–Kier alpha value is -0.310. The summed E-state index contributed by atoms with van der Waals surface area (Å²) >= 11 is 0. The molecule has 4 heteroatoms. The van der Waals surface area contributed by atoms with Crippen molar-refractivity contribution in [2.75, 3.05) is 0 Å². The van der Waals surface area contributed by atoms with E-state index in [1.807, 2.05) is 18.2 Å². The van der Waals surface area contributed by atoms with Gasteiger partial charge < -0.3 is 5.73 Å². The van der Waals surface area contributed by atoms with Gasteiger partial charge in [-0.1, -0.05) is 13.0 Å². The third-order valence-electron chi connectivity index (χ3n) is 1.51. The number of hydrogen-bond acceptors (Lipinski definition) is 2. The number of aromatic nitrogens is 1. The van der Waals surface area contributed by atoms with E-state index in [0.717, 1.165) is 12.1 Å². The third kappa shape index (κ3) is 3.90. The topological polar surface area (TPSA) is 38.9 Å². The van der Waals surface area contributed by atoms with E-state index in [1.165, 1.54) is 0 Å². The van der Waals surface area contributed by atoms with E-state index in [-0.39, 0.29) is 30.9 Å². The SMILES string of the molecule is CCC(N)c1ccccn1.Cl.Cl. The Balaban J connectivity index is 0. The number of pyridine rings is 1. The molecule has 0 fully saturated rings. The van der Waals surface area contributed by atoms with Crippen molar-refractivity contribution in [3.8, 4) is 0 Å². The molecular weight excluding hydrogens is 195 g/mol. The van der Waals surface area contributed by atoms with Crippen LogP contribution in [0.4, 0.5) is 0 Å². The van der Waals surface area contributed by atoms with Gasteiger partial charge in [0.25, 0.3) is 0 Å². The Morgan fingerprint density at radius 2 is 2.08 bits per heavy atom. The van der Waals surface area contributed by atoms with Crippen molar-refractivity contribution in [2.45, 2.75) is 19.4 Å². The molecule has 2 nitrogen and oxygen atoms in total. The highest BCUT2D eigenvalue weighted by atomic mass is 35.5. The quantitative estimate of drug-likeness (QED) is 0.811. The van der Waals surface area contributed by atoms with Gasteiger partial charge in [-0.3, -0.25) is 4.98 Å². The summed E-state index contributed by atoms with van der Waals surface area (Å²) in [4.78, 5) is 4.12. The molecule has 1 rings (SSSR count). The highest BCUT2D eigenvalue weighted by molar-refractivity contribution is 5.85. The first-order chi connectivity index (χ1) is 4.84. The summed E-state index contributed by atoms with van der Waals surface area (Å²) in [6.45, 7) is 2.05. The highest BCUT2D eigenvalue weighted by Gasteiger charge is 2.01. The van der Waals surface area contributed by atoms with Crippen LogP contribution in [0.1, 0.15) is 25.1 Å². The van der Waals surface area contributed by atoms with Gasteiger partial charge in [0.2, 0.25) is 0 Å². The molecule has 1 heterocycles. The molecule has 0 aliphatic rings. The molecule has 1 atom stereocenters. The smallest absolute Gasteiger partial charge is 0.0570 e. The lowest BCUT2D eigenvalue weighted by Crippen LogP contribution is -2.09. The summed E-state index contributed by atoms with van der Waals surface area (Å²) in [6, 6.07) is 5.90. The van der Waals surface area contributed by atoms with Crippen molar-refractivity contribution < 1.29 is 0 Å². The molecule has 0 aromatic carbocycles. The van der Waals surface area contributed by atoms with Crippen LogP contribution in [-0.2, 0) is 0 Å². The zero-order valence-corrected chi connectivity index (χ0v) is 8.57. The van der Waals surface area contributed by atoms with Gasteiger partial charge in [-0.15, -0.1) is 24.8 Å². The Labute approximate surface area is 85.4 Å². The molecule has 1 aromatic heterocycles. The van der Waals surface area contributed by atoms with E-state index in [4.69, 9.17) is 5.73 Å². The van der Waals surface area contributed by atoms with Crippen molar-refractivity contribution in [1.82, 2.24) is 4.98 Å². The van der Waals surface area contributed by atoms with E-state index in [1.54, 1.807) is 6.20 Å². The summed E-state index contributed by atoms with van der Waals surface area (Å²) in [5.74, 6) is 0. The number of hydrogen-bond donors (Lipinski definition) is 1. The minimum atomic E-state index is 0. The number of nitrogens with zero attached hydrogens (tertiary/aromatic N) is 1. The predicted molar refractivity (Wildman–Crippen MR) is 56.0 cm³/mol. The van der Waals surface area contributed by atoms with Crippen LogP contribution in [0.3, 0.4) is 0 Å². The van der Waals surface area contributed by atoms with Gasteiger partial charge in [0.1, 0.15) is 0 Å². The van der Waals surface area contributed by atoms with E-state index >= 15 is 0 Å². The number of halogens is 2. The average Bonchev–Trinajstić information content (AvgIpc) is 2.05. The summed E-state index contributed by atoms with van der Waals surface area (Å²) in [7, 11) is 0. The molecular formula is C8H14Cl2N2. The Bertz CT molecular complexity index is 192. The van der Waals surface area contributed by atoms with Crippen molar-refractivity contribution >= 4 is 24.8 Å². The fourth-order valence-corrected chi connectivity index (χ4v) is 0.804. The lowest BCUT2D eigenvalue weighted by Gasteiger charge is -2.05. The zero-order chi connectivity index (χ0) is 7.40. The Morgan fingerprint density at radius 1 is 1.42 bits per heavy atom. The minimum absolute atomic E-state index is 0. The molecule has 0 bridgehead atoms. The normalized spacial score (nSPS) is 10.8. The fraction of sp³-hybridized carbons (Fsp3) is 0.375. The summed E-state index contributed by atoms with van der Waals surface area (Å²) in [5, 5.41) is 0. The Morgan fingerprint density at radius 3 is 2.50 bits per heavy atom. The van der Waals surface area contributed by atoms with Gasteiger partial charge in [-0.25, -0.2) is 0 Å². The molecule has 0 aliphatic carbocycles. The van der Waals surface area contributed by atoms with Crippen LogP contribution in [0.5, 0.6) is 0 Å². The minimum Gasteiger partial charge on any atom is -0.323 e. The largest absolute Gasteiger partial charge is 0.323 e. The first-order valence-corrected chi connectivity index (χ1v) is 3.51. The van der Waals surface area contributed by atoms with E-state index in [2.05, 4.69) is 11.9 Å². The molecule has 0 saturated carbocycles. The van der Waals surface area contributed by atoms with Gasteiger partial charge in [0.05, 0.1) is 5.69 Å². The van der Waals surface area contributed by atoms with Crippen LogP contribution in [0, 0.1) is 0 Å². The lowest BCUT2D eigenvalue weighted by molar-refractivity contribution is 0.675. The first-order valence-electron chi connectivity index (χ1n) is 3.51. The highest BCUT2D eigenvalue weighted by Crippen LogP contribution is 2.08. The maximum absolute atomic E-state index is 5.73. The molecule has 1 aromatic rings. The van der Waals surface area contributed by atoms with E-state index in [9.17, 15) is 0 Å². The summed E-state index contributed by atoms with van der Waals surface area (Å²) in [5.41, 5.74) is 6.71. The Kier molecular flexibility index (Phi) is 8.71. The molecule has 0 amide bonds. The molecule has 0 radical (unpaired) electrons. The second-order valence-corrected chi connectivity index (χ2v) is 2.27. The van der Waals surface area contributed by atoms with Crippen molar-refractivity contribution in [1.29, 1.82) is 0 Å². The van der Waals surface area contributed by atoms with Crippen molar-refractivity contribution in [3.05, 3.63) is 30.1 Å². The van der Waals surface area contributed by atoms with Crippen LogP contribution in [0.15, 0.2) is 24.4 Å². The lowest BCUT2D eigenvalue weighted by atomic mass is 10.1. The van der Waals surface area contributed by atoms with Crippen LogP contribution in [-0.4, -0.2) is 4.98 Å². The molecule has 1 unspecified atom stereocenters. The van der Waals surface area contributed by atoms with Crippen LogP contribution >= 0.6 is 24.8 Å². The van der Waals surface area contributed by atoms with E-state index in [0.29, 0.717) is 0 Å². The van der Waals surface area contributed by atoms with Crippen molar-refractivity contribution in [2.24, 2.45) is 5.73 Å². The van der Waals surface area contributed by atoms with Crippen molar-refractivity contribution in [3.63, 3.8) is 0 Å². The molecule has 0 aliphatic heterocycles. The van der Waals surface area contributed by atoms with Crippen LogP contribution in [0.2, 0.25) is 0 Å². The van der Waals surface area contributed by atoms with Gasteiger partial charge >= 0.3 is 0 Å². The summed E-state index contributed by atoms with van der Waals surface area (Å²) in [6.07, 6.45) is 2.71. The number of nitrogens with two attached hydrogens (primary N) is 1. The standard InChI is InChI=1S/C8H12N2.2ClH/c1-2-7(9)8-5-3-4-6-10-8;;/h3-7H,2,9H2,1H3;2*1H. The van der Waals surface area contributed by atoms with Gasteiger partial charge in [0.15, 0.2) is 0 Å². The predicted octanol–water partition coefficient (Wildman–Crippen LogP) is 2.34. The maximum Gasteiger partial charge on any atom is 0.0570 e.